The molecule has 2 N–H and O–H groups in total. The van der Waals surface area contributed by atoms with Crippen molar-refractivity contribution in [3.8, 4) is 0 Å². The van der Waals surface area contributed by atoms with Crippen LogP contribution in [-0.2, 0) is 4.79 Å². The number of nitrogens with zero attached hydrogens (tertiary/aromatic N) is 1. The summed E-state index contributed by atoms with van der Waals surface area (Å²) in [6.45, 7) is 0. The molecule has 0 spiro atoms. The number of benzene rings is 1. The smallest absolute Gasteiger partial charge is 0.328 e. The lowest BCUT2D eigenvalue weighted by molar-refractivity contribution is -0.139. The number of carboxylic acids is 1. The molecular weight excluding hydrogens is 216 g/mol. The first kappa shape index (κ1) is 9.98. The van der Waals surface area contributed by atoms with Crippen LogP contribution in [0, 0.1) is 0 Å². The van der Waals surface area contributed by atoms with E-state index in [1.807, 2.05) is 12.1 Å². The third-order valence-electron chi connectivity index (χ3n) is 2.23. The van der Waals surface area contributed by atoms with Crippen LogP contribution in [0.3, 0.4) is 0 Å². The summed E-state index contributed by atoms with van der Waals surface area (Å²) in [5.74, 6) is -0.886. The lowest BCUT2D eigenvalue weighted by Crippen LogP contribution is -2.29. The SMILES string of the molecule is O=C(O)C1CC(c2ccc(Cl)cc2)=NN1. The van der Waals surface area contributed by atoms with Crippen LogP contribution in [0.5, 0.6) is 0 Å². The molecule has 0 radical (unpaired) electrons. The van der Waals surface area contributed by atoms with Gasteiger partial charge >= 0.3 is 5.97 Å². The predicted octanol–water partition coefficient (Wildman–Crippen LogP) is 1.49. The molecule has 4 nitrogen and oxygen atoms in total. The third kappa shape index (κ3) is 2.10. The Morgan fingerprint density at radius 1 is 1.47 bits per heavy atom. The number of halogens is 1. The van der Waals surface area contributed by atoms with Gasteiger partial charge in [0.25, 0.3) is 0 Å². The summed E-state index contributed by atoms with van der Waals surface area (Å²) in [5.41, 5.74) is 4.22. The van der Waals surface area contributed by atoms with E-state index >= 15 is 0 Å². The highest BCUT2D eigenvalue weighted by atomic mass is 35.5. The van der Waals surface area contributed by atoms with Crippen molar-refractivity contribution in [3.63, 3.8) is 0 Å². The van der Waals surface area contributed by atoms with Crippen LogP contribution in [-0.4, -0.2) is 22.8 Å². The molecule has 1 unspecified atom stereocenters. The van der Waals surface area contributed by atoms with Crippen LogP contribution in [0.1, 0.15) is 12.0 Å². The number of carboxylic acid groups (broad SMARTS) is 1. The maximum absolute atomic E-state index is 10.7. The molecule has 0 bridgehead atoms. The van der Waals surface area contributed by atoms with Crippen LogP contribution in [0.15, 0.2) is 29.4 Å². The Hall–Kier alpha value is -1.55. The van der Waals surface area contributed by atoms with Gasteiger partial charge in [0.1, 0.15) is 6.04 Å². The monoisotopic (exact) mass is 224 g/mol. The average Bonchev–Trinajstić information content (AvgIpc) is 2.68. The summed E-state index contributed by atoms with van der Waals surface area (Å²) in [4.78, 5) is 10.7. The molecule has 0 aliphatic carbocycles. The highest BCUT2D eigenvalue weighted by Crippen LogP contribution is 2.15. The van der Waals surface area contributed by atoms with E-state index < -0.39 is 12.0 Å². The maximum Gasteiger partial charge on any atom is 0.328 e. The number of hydrogen-bond acceptors (Lipinski definition) is 3. The molecule has 15 heavy (non-hydrogen) atoms. The summed E-state index contributed by atoms with van der Waals surface area (Å²) in [6, 6.07) is 6.55. The maximum atomic E-state index is 10.7. The Bertz CT molecular complexity index is 414. The predicted molar refractivity (Wildman–Crippen MR) is 57.2 cm³/mol. The van der Waals surface area contributed by atoms with E-state index in [9.17, 15) is 4.79 Å². The standard InChI is InChI=1S/C10H9ClN2O2/c11-7-3-1-6(2-4-7)8-5-9(10(14)15)13-12-8/h1-4,9,13H,5H2,(H,14,15). The second-order valence-electron chi connectivity index (χ2n) is 3.29. The van der Waals surface area contributed by atoms with Gasteiger partial charge in [0, 0.05) is 11.4 Å². The zero-order valence-electron chi connectivity index (χ0n) is 7.77. The van der Waals surface area contributed by atoms with E-state index in [0.29, 0.717) is 11.4 Å². The van der Waals surface area contributed by atoms with Crippen molar-refractivity contribution in [2.75, 3.05) is 0 Å². The zero-order valence-corrected chi connectivity index (χ0v) is 8.53. The van der Waals surface area contributed by atoms with E-state index in [-0.39, 0.29) is 0 Å². The van der Waals surface area contributed by atoms with Gasteiger partial charge in [0.2, 0.25) is 0 Å². The first-order valence-electron chi connectivity index (χ1n) is 4.47. The highest BCUT2D eigenvalue weighted by Gasteiger charge is 2.25. The minimum atomic E-state index is -0.886. The Balaban J connectivity index is 2.14. The molecule has 1 atom stereocenters. The molecule has 0 amide bonds. The van der Waals surface area contributed by atoms with Gasteiger partial charge in [0.05, 0.1) is 5.71 Å². The molecule has 0 fully saturated rings. The van der Waals surface area contributed by atoms with Gasteiger partial charge in [-0.2, -0.15) is 5.10 Å². The van der Waals surface area contributed by atoms with Crippen molar-refractivity contribution < 1.29 is 9.90 Å². The fourth-order valence-corrected chi connectivity index (χ4v) is 1.53. The highest BCUT2D eigenvalue weighted by molar-refractivity contribution is 6.30. The van der Waals surface area contributed by atoms with E-state index in [2.05, 4.69) is 10.5 Å². The summed E-state index contributed by atoms with van der Waals surface area (Å²) in [6.07, 6.45) is 0.400. The summed E-state index contributed by atoms with van der Waals surface area (Å²) in [5, 5.41) is 13.4. The van der Waals surface area contributed by atoms with Crippen LogP contribution in [0.25, 0.3) is 0 Å². The van der Waals surface area contributed by atoms with E-state index in [4.69, 9.17) is 16.7 Å². The fourth-order valence-electron chi connectivity index (χ4n) is 1.41. The molecule has 2 rings (SSSR count). The minimum absolute atomic E-state index is 0.400. The van der Waals surface area contributed by atoms with Crippen molar-refractivity contribution in [1.29, 1.82) is 0 Å². The van der Waals surface area contributed by atoms with Crippen LogP contribution in [0.2, 0.25) is 5.02 Å². The lowest BCUT2D eigenvalue weighted by Gasteiger charge is -2.02. The lowest BCUT2D eigenvalue weighted by atomic mass is 10.0. The topological polar surface area (TPSA) is 61.7 Å². The number of hydrazone groups is 1. The number of carbonyl (C=O) groups is 1. The van der Waals surface area contributed by atoms with Crippen molar-refractivity contribution in [2.24, 2.45) is 5.10 Å². The Labute approximate surface area is 91.6 Å². The molecule has 1 aromatic rings. The number of aliphatic carboxylic acids is 1. The Morgan fingerprint density at radius 2 is 2.13 bits per heavy atom. The normalized spacial score (nSPS) is 19.5. The van der Waals surface area contributed by atoms with Crippen LogP contribution < -0.4 is 5.43 Å². The molecular formula is C10H9ClN2O2. The van der Waals surface area contributed by atoms with E-state index in [1.165, 1.54) is 0 Å². The van der Waals surface area contributed by atoms with Gasteiger partial charge < -0.3 is 5.11 Å². The molecule has 0 aromatic heterocycles. The van der Waals surface area contributed by atoms with Crippen LogP contribution in [0.4, 0.5) is 0 Å². The van der Waals surface area contributed by atoms with E-state index in [0.717, 1.165) is 11.3 Å². The molecule has 1 aliphatic rings. The van der Waals surface area contributed by atoms with Crippen molar-refractivity contribution >= 4 is 23.3 Å². The molecule has 1 aliphatic heterocycles. The van der Waals surface area contributed by atoms with Gasteiger partial charge in [-0.05, 0) is 17.7 Å². The van der Waals surface area contributed by atoms with Crippen molar-refractivity contribution in [1.82, 2.24) is 5.43 Å². The van der Waals surface area contributed by atoms with Gasteiger partial charge in [0.15, 0.2) is 0 Å². The molecule has 0 saturated carbocycles. The molecule has 0 saturated heterocycles. The minimum Gasteiger partial charge on any atom is -0.480 e. The largest absolute Gasteiger partial charge is 0.480 e. The number of hydrogen-bond donors (Lipinski definition) is 2. The first-order valence-corrected chi connectivity index (χ1v) is 4.85. The second kappa shape index (κ2) is 3.90. The number of rotatable bonds is 2. The molecule has 5 heteroatoms. The van der Waals surface area contributed by atoms with E-state index in [1.54, 1.807) is 12.1 Å². The summed E-state index contributed by atoms with van der Waals surface area (Å²) >= 11 is 5.75. The number of nitrogens with one attached hydrogen (secondary N) is 1. The molecule has 1 aromatic carbocycles. The molecule has 78 valence electrons. The zero-order chi connectivity index (χ0) is 10.8. The Morgan fingerprint density at radius 3 is 2.67 bits per heavy atom. The summed E-state index contributed by atoms with van der Waals surface area (Å²) in [7, 11) is 0. The quantitative estimate of drug-likeness (QED) is 0.800. The van der Waals surface area contributed by atoms with Gasteiger partial charge in [-0.3, -0.25) is 5.43 Å². The van der Waals surface area contributed by atoms with Crippen molar-refractivity contribution in [2.45, 2.75) is 12.5 Å². The first-order chi connectivity index (χ1) is 7.16. The molecule has 1 heterocycles. The second-order valence-corrected chi connectivity index (χ2v) is 3.73. The Kier molecular flexibility index (Phi) is 2.60. The van der Waals surface area contributed by atoms with Crippen LogP contribution >= 0.6 is 11.6 Å². The van der Waals surface area contributed by atoms with Crippen molar-refractivity contribution in [3.05, 3.63) is 34.9 Å². The van der Waals surface area contributed by atoms with Gasteiger partial charge in [-0.25, -0.2) is 4.79 Å². The average molecular weight is 225 g/mol. The summed E-state index contributed by atoms with van der Waals surface area (Å²) < 4.78 is 0. The fraction of sp³-hybridized carbons (Fsp3) is 0.200. The van der Waals surface area contributed by atoms with Gasteiger partial charge in [-0.15, -0.1) is 0 Å². The third-order valence-corrected chi connectivity index (χ3v) is 2.48. The van der Waals surface area contributed by atoms with Gasteiger partial charge in [-0.1, -0.05) is 23.7 Å².